The summed E-state index contributed by atoms with van der Waals surface area (Å²) in [4.78, 5) is 14.6. The zero-order chi connectivity index (χ0) is 24.8. The van der Waals surface area contributed by atoms with Crippen LogP contribution in [0.25, 0.3) is 0 Å². The van der Waals surface area contributed by atoms with Crippen LogP contribution in [0, 0.1) is 11.3 Å². The molecule has 4 rings (SSSR count). The minimum Gasteiger partial charge on any atom is -0.480 e. The van der Waals surface area contributed by atoms with Crippen molar-refractivity contribution in [3.8, 4) is 5.75 Å². The molecule has 0 spiro atoms. The molecule has 0 radical (unpaired) electrons. The average molecular weight is 491 g/mol. The van der Waals surface area contributed by atoms with Crippen molar-refractivity contribution < 1.29 is 35.9 Å². The molecule has 1 aromatic carbocycles. The van der Waals surface area contributed by atoms with Crippen LogP contribution in [0.3, 0.4) is 0 Å². The van der Waals surface area contributed by atoms with Crippen molar-refractivity contribution in [1.29, 1.82) is 0 Å². The van der Waals surface area contributed by atoms with E-state index in [-0.39, 0.29) is 33.8 Å². The van der Waals surface area contributed by atoms with E-state index in [1.165, 1.54) is 4.90 Å². The number of ether oxygens (including phenoxy) is 2. The third kappa shape index (κ3) is 4.92. The molecule has 4 atom stereocenters. The standard InChI is InChI=1S/C20H23F3N2O5S.C2H6/c1-11(20(21,22)23)30-16-5-4-14(31(3,27)28)6-15(16)18(26)25-8-13-7-19(13,10-25)17-9-29-12(2)24-17;1-2/h4-6,9,11-13,24H,7-8,10H2,1-3H3;1-2H3. The summed E-state index contributed by atoms with van der Waals surface area (Å²) in [5, 5.41) is 3.23. The largest absolute Gasteiger partial charge is 0.480 e. The van der Waals surface area contributed by atoms with Crippen LogP contribution in [0.15, 0.2) is 35.1 Å². The second-order valence-electron chi connectivity index (χ2n) is 8.43. The van der Waals surface area contributed by atoms with Crippen LogP contribution in [0.2, 0.25) is 0 Å². The topological polar surface area (TPSA) is 84.9 Å². The van der Waals surface area contributed by atoms with Gasteiger partial charge in [0.05, 0.1) is 16.2 Å². The minimum absolute atomic E-state index is 0.161. The lowest BCUT2D eigenvalue weighted by Gasteiger charge is -2.24. The van der Waals surface area contributed by atoms with E-state index in [0.29, 0.717) is 13.1 Å². The lowest BCUT2D eigenvalue weighted by molar-refractivity contribution is -0.189. The lowest BCUT2D eigenvalue weighted by atomic mass is 10.0. The second-order valence-corrected chi connectivity index (χ2v) is 10.4. The summed E-state index contributed by atoms with van der Waals surface area (Å²) in [5.41, 5.74) is 0.454. The van der Waals surface area contributed by atoms with E-state index in [0.717, 1.165) is 43.5 Å². The van der Waals surface area contributed by atoms with Crippen LogP contribution in [-0.4, -0.2) is 57.1 Å². The molecule has 2 fully saturated rings. The maximum atomic E-state index is 13.3. The Kier molecular flexibility index (Phi) is 6.67. The fourth-order valence-corrected chi connectivity index (χ4v) is 4.86. The maximum absolute atomic E-state index is 13.3. The third-order valence-electron chi connectivity index (χ3n) is 6.09. The first-order chi connectivity index (χ1) is 15.3. The van der Waals surface area contributed by atoms with Gasteiger partial charge in [-0.2, -0.15) is 13.2 Å². The first-order valence-electron chi connectivity index (χ1n) is 10.8. The van der Waals surface area contributed by atoms with Crippen molar-refractivity contribution in [1.82, 2.24) is 10.2 Å². The quantitative estimate of drug-likeness (QED) is 0.677. The van der Waals surface area contributed by atoms with E-state index in [1.54, 1.807) is 6.26 Å². The fraction of sp³-hybridized carbons (Fsp3) is 0.591. The number of carbonyl (C=O) groups excluding carboxylic acids is 1. The van der Waals surface area contributed by atoms with Crippen molar-refractivity contribution >= 4 is 15.7 Å². The van der Waals surface area contributed by atoms with E-state index in [4.69, 9.17) is 9.47 Å². The van der Waals surface area contributed by atoms with Crippen molar-refractivity contribution in [2.75, 3.05) is 19.3 Å². The van der Waals surface area contributed by atoms with E-state index < -0.39 is 28.0 Å². The van der Waals surface area contributed by atoms with Gasteiger partial charge in [-0.05, 0) is 44.4 Å². The van der Waals surface area contributed by atoms with Crippen LogP contribution in [0.1, 0.15) is 44.5 Å². The molecule has 4 unspecified atom stereocenters. The normalized spacial score (nSPS) is 26.8. The number of fused-ring (bicyclic) bond motifs is 1. The number of nitrogens with zero attached hydrogens (tertiary/aromatic N) is 1. The number of halogens is 3. The Balaban J connectivity index is 0.00000149. The van der Waals surface area contributed by atoms with Gasteiger partial charge in [0.15, 0.2) is 22.2 Å². The highest BCUT2D eigenvalue weighted by Crippen LogP contribution is 2.62. The number of hydrogen-bond donors (Lipinski definition) is 1. The van der Waals surface area contributed by atoms with Gasteiger partial charge in [0, 0.05) is 24.8 Å². The van der Waals surface area contributed by atoms with Crippen molar-refractivity contribution in [3.63, 3.8) is 0 Å². The molecular formula is C22H29F3N2O5S. The SMILES string of the molecule is CC.CC1NC(C23CC2CN(C(=O)c2cc(S(C)(=O)=O)ccc2OC(C)C(F)(F)F)C3)=CO1. The Morgan fingerprint density at radius 1 is 1.33 bits per heavy atom. The summed E-state index contributed by atoms with van der Waals surface area (Å²) in [6.07, 6.45) is -3.45. The second kappa shape index (κ2) is 8.73. The molecule has 1 amide bonds. The van der Waals surface area contributed by atoms with Crippen LogP contribution in [-0.2, 0) is 14.6 Å². The zero-order valence-electron chi connectivity index (χ0n) is 19.2. The smallest absolute Gasteiger partial charge is 0.425 e. The molecule has 1 N–H and O–H groups in total. The predicted octanol–water partition coefficient (Wildman–Crippen LogP) is 3.72. The van der Waals surface area contributed by atoms with Gasteiger partial charge in [0.2, 0.25) is 0 Å². The summed E-state index contributed by atoms with van der Waals surface area (Å²) in [6, 6.07) is 3.33. The fourth-order valence-electron chi connectivity index (χ4n) is 4.21. The highest BCUT2D eigenvalue weighted by Gasteiger charge is 2.64. The van der Waals surface area contributed by atoms with Gasteiger partial charge >= 0.3 is 6.18 Å². The van der Waals surface area contributed by atoms with Gasteiger partial charge in [-0.1, -0.05) is 13.8 Å². The monoisotopic (exact) mass is 490 g/mol. The van der Waals surface area contributed by atoms with Gasteiger partial charge < -0.3 is 19.7 Å². The van der Waals surface area contributed by atoms with Gasteiger partial charge in [0.1, 0.15) is 12.0 Å². The van der Waals surface area contributed by atoms with Crippen LogP contribution in [0.4, 0.5) is 13.2 Å². The van der Waals surface area contributed by atoms with Crippen molar-refractivity contribution in [2.45, 2.75) is 57.5 Å². The lowest BCUT2D eigenvalue weighted by Crippen LogP contribution is -2.35. The summed E-state index contributed by atoms with van der Waals surface area (Å²) in [7, 11) is -3.67. The zero-order valence-corrected chi connectivity index (χ0v) is 20.0. The molecule has 33 heavy (non-hydrogen) atoms. The Hall–Kier alpha value is -2.43. The van der Waals surface area contributed by atoms with Gasteiger partial charge in [-0.15, -0.1) is 0 Å². The van der Waals surface area contributed by atoms with E-state index in [2.05, 4.69) is 5.32 Å². The molecule has 3 aliphatic rings. The molecule has 2 aliphatic heterocycles. The average Bonchev–Trinajstić information content (AvgIpc) is 3.07. The van der Waals surface area contributed by atoms with E-state index in [9.17, 15) is 26.4 Å². The number of hydrogen-bond acceptors (Lipinski definition) is 6. The number of piperidine rings is 1. The molecule has 0 bridgehead atoms. The van der Waals surface area contributed by atoms with E-state index >= 15 is 0 Å². The van der Waals surface area contributed by atoms with Crippen molar-refractivity contribution in [2.24, 2.45) is 11.3 Å². The molecule has 184 valence electrons. The Morgan fingerprint density at radius 2 is 2.00 bits per heavy atom. The summed E-state index contributed by atoms with van der Waals surface area (Å²) < 4.78 is 73.4. The molecule has 1 saturated heterocycles. The van der Waals surface area contributed by atoms with Gasteiger partial charge in [-0.3, -0.25) is 4.79 Å². The molecule has 2 heterocycles. The minimum atomic E-state index is -4.63. The molecule has 7 nitrogen and oxygen atoms in total. The van der Waals surface area contributed by atoms with E-state index in [1.807, 2.05) is 20.8 Å². The van der Waals surface area contributed by atoms with Crippen LogP contribution >= 0.6 is 0 Å². The summed E-state index contributed by atoms with van der Waals surface area (Å²) in [6.45, 7) is 7.47. The number of alkyl halides is 3. The first kappa shape index (κ1) is 25.2. The third-order valence-corrected chi connectivity index (χ3v) is 7.20. The molecule has 11 heteroatoms. The van der Waals surface area contributed by atoms with Crippen LogP contribution in [0.5, 0.6) is 5.75 Å². The van der Waals surface area contributed by atoms with Gasteiger partial charge in [0.25, 0.3) is 5.91 Å². The number of rotatable bonds is 5. The van der Waals surface area contributed by atoms with Crippen LogP contribution < -0.4 is 10.1 Å². The highest BCUT2D eigenvalue weighted by atomic mass is 32.2. The number of sulfone groups is 1. The predicted molar refractivity (Wildman–Crippen MR) is 115 cm³/mol. The Bertz CT molecular complexity index is 1060. The molecule has 1 saturated carbocycles. The number of benzene rings is 1. The molecule has 0 aromatic heterocycles. The maximum Gasteiger partial charge on any atom is 0.425 e. The summed E-state index contributed by atoms with van der Waals surface area (Å²) >= 11 is 0. The molecule has 1 aliphatic carbocycles. The first-order valence-corrected chi connectivity index (χ1v) is 12.7. The van der Waals surface area contributed by atoms with Gasteiger partial charge in [-0.25, -0.2) is 8.42 Å². The Morgan fingerprint density at radius 3 is 2.55 bits per heavy atom. The number of nitrogens with one attached hydrogen (secondary N) is 1. The summed E-state index contributed by atoms with van der Waals surface area (Å²) in [5.74, 6) is -0.651. The molecular weight excluding hydrogens is 461 g/mol. The van der Waals surface area contributed by atoms with Crippen molar-refractivity contribution in [3.05, 3.63) is 35.7 Å². The number of likely N-dealkylation sites (tertiary alicyclic amines) is 1. The highest BCUT2D eigenvalue weighted by molar-refractivity contribution is 7.90. The number of carbonyl (C=O) groups is 1. The number of amides is 1. The molecule has 1 aromatic rings. The Labute approximate surface area is 191 Å².